The third kappa shape index (κ3) is 4.02. The van der Waals surface area contributed by atoms with Crippen LogP contribution < -0.4 is 5.73 Å². The van der Waals surface area contributed by atoms with Crippen molar-refractivity contribution in [1.82, 2.24) is 4.90 Å². The van der Waals surface area contributed by atoms with Gasteiger partial charge in [0.25, 0.3) is 0 Å². The molecule has 1 fully saturated rings. The zero-order valence-electron chi connectivity index (χ0n) is 14.1. The normalized spacial score (nSPS) is 19.7. The third-order valence-electron chi connectivity index (χ3n) is 4.47. The lowest BCUT2D eigenvalue weighted by Gasteiger charge is -2.28. The molecular formula is C18H29ClN2O. The second kappa shape index (κ2) is 7.47. The second-order valence-corrected chi connectivity index (χ2v) is 7.20. The summed E-state index contributed by atoms with van der Waals surface area (Å²) in [6, 6.07) is 8.99. The summed E-state index contributed by atoms with van der Waals surface area (Å²) in [5, 5.41) is 0. The molecule has 124 valence electrons. The molecule has 1 aromatic rings. The molecule has 0 spiro atoms. The number of hydrogen-bond acceptors (Lipinski definition) is 2. The van der Waals surface area contributed by atoms with E-state index < -0.39 is 0 Å². The largest absolute Gasteiger partial charge is 0.335 e. The number of likely N-dealkylation sites (tertiary alicyclic amines) is 1. The fourth-order valence-corrected chi connectivity index (χ4v) is 2.97. The van der Waals surface area contributed by atoms with E-state index >= 15 is 0 Å². The maximum atomic E-state index is 12.4. The highest BCUT2D eigenvalue weighted by Gasteiger charge is 2.31. The minimum atomic E-state index is -0.0838. The van der Waals surface area contributed by atoms with Gasteiger partial charge in [-0.15, -0.1) is 12.4 Å². The van der Waals surface area contributed by atoms with Gasteiger partial charge in [-0.1, -0.05) is 52.0 Å². The van der Waals surface area contributed by atoms with E-state index in [1.807, 2.05) is 11.8 Å². The average Bonchev–Trinajstić information content (AvgIpc) is 2.94. The molecule has 0 aliphatic carbocycles. The van der Waals surface area contributed by atoms with Crippen molar-refractivity contribution in [1.29, 1.82) is 0 Å². The Morgan fingerprint density at radius 1 is 1.32 bits per heavy atom. The number of rotatable bonds is 3. The quantitative estimate of drug-likeness (QED) is 0.922. The maximum Gasteiger partial charge on any atom is 0.227 e. The SMILES string of the molecule is CC(CN)C(=O)N1CCCC1c1ccc(C(C)(C)C)cc1.Cl. The van der Waals surface area contributed by atoms with E-state index in [9.17, 15) is 4.79 Å². The van der Waals surface area contributed by atoms with Gasteiger partial charge in [0.15, 0.2) is 0 Å². The summed E-state index contributed by atoms with van der Waals surface area (Å²) < 4.78 is 0. The molecule has 22 heavy (non-hydrogen) atoms. The Hall–Kier alpha value is -1.06. The van der Waals surface area contributed by atoms with Crippen molar-refractivity contribution in [2.24, 2.45) is 11.7 Å². The highest BCUT2D eigenvalue weighted by Crippen LogP contribution is 2.34. The summed E-state index contributed by atoms with van der Waals surface area (Å²) in [7, 11) is 0. The Morgan fingerprint density at radius 3 is 2.41 bits per heavy atom. The smallest absolute Gasteiger partial charge is 0.227 e. The van der Waals surface area contributed by atoms with E-state index in [0.717, 1.165) is 19.4 Å². The molecule has 2 unspecified atom stereocenters. The average molecular weight is 325 g/mol. The van der Waals surface area contributed by atoms with E-state index in [1.54, 1.807) is 0 Å². The minimum Gasteiger partial charge on any atom is -0.335 e. The predicted molar refractivity (Wildman–Crippen MR) is 94.3 cm³/mol. The standard InChI is InChI=1S/C18H28N2O.ClH/c1-13(12-19)17(21)20-11-5-6-16(20)14-7-9-15(10-8-14)18(2,3)4;/h7-10,13,16H,5-6,11-12,19H2,1-4H3;1H. The van der Waals surface area contributed by atoms with Crippen molar-refractivity contribution in [3.8, 4) is 0 Å². The Kier molecular flexibility index (Phi) is 6.45. The molecule has 0 saturated carbocycles. The van der Waals surface area contributed by atoms with Gasteiger partial charge in [0.05, 0.1) is 6.04 Å². The summed E-state index contributed by atoms with van der Waals surface area (Å²) in [5.41, 5.74) is 8.39. The Morgan fingerprint density at radius 2 is 1.91 bits per heavy atom. The monoisotopic (exact) mass is 324 g/mol. The van der Waals surface area contributed by atoms with E-state index in [0.29, 0.717) is 6.54 Å². The topological polar surface area (TPSA) is 46.3 Å². The van der Waals surface area contributed by atoms with Gasteiger partial charge in [-0.3, -0.25) is 4.79 Å². The first-order valence-corrected chi connectivity index (χ1v) is 7.95. The Labute approximate surface area is 140 Å². The van der Waals surface area contributed by atoms with Crippen LogP contribution in [0.5, 0.6) is 0 Å². The van der Waals surface area contributed by atoms with Crippen molar-refractivity contribution < 1.29 is 4.79 Å². The van der Waals surface area contributed by atoms with Gasteiger partial charge in [0.1, 0.15) is 0 Å². The minimum absolute atomic E-state index is 0. The van der Waals surface area contributed by atoms with Crippen LogP contribution >= 0.6 is 12.4 Å². The van der Waals surface area contributed by atoms with Crippen molar-refractivity contribution >= 4 is 18.3 Å². The van der Waals surface area contributed by atoms with Crippen LogP contribution in [-0.4, -0.2) is 23.9 Å². The molecule has 0 bridgehead atoms. The molecule has 1 saturated heterocycles. The number of nitrogens with zero attached hydrogens (tertiary/aromatic N) is 1. The summed E-state index contributed by atoms with van der Waals surface area (Å²) in [4.78, 5) is 14.4. The molecule has 4 heteroatoms. The van der Waals surface area contributed by atoms with Crippen LogP contribution in [-0.2, 0) is 10.2 Å². The number of hydrogen-bond donors (Lipinski definition) is 1. The first-order valence-electron chi connectivity index (χ1n) is 7.95. The van der Waals surface area contributed by atoms with Gasteiger partial charge in [-0.25, -0.2) is 0 Å². The molecule has 1 heterocycles. The summed E-state index contributed by atoms with van der Waals surface area (Å²) >= 11 is 0. The lowest BCUT2D eigenvalue weighted by molar-refractivity contribution is -0.135. The van der Waals surface area contributed by atoms with Crippen LogP contribution in [0.1, 0.15) is 57.7 Å². The van der Waals surface area contributed by atoms with Crippen molar-refractivity contribution in [2.45, 2.75) is 52.0 Å². The molecule has 1 aliphatic rings. The second-order valence-electron chi connectivity index (χ2n) is 7.20. The molecule has 1 aromatic carbocycles. The third-order valence-corrected chi connectivity index (χ3v) is 4.47. The van der Waals surface area contributed by atoms with Crippen LogP contribution in [0, 0.1) is 5.92 Å². The summed E-state index contributed by atoms with van der Waals surface area (Å²) in [6.07, 6.45) is 2.13. The fourth-order valence-electron chi connectivity index (χ4n) is 2.97. The Bertz CT molecular complexity index is 493. The molecular weight excluding hydrogens is 296 g/mol. The molecule has 1 aliphatic heterocycles. The highest BCUT2D eigenvalue weighted by atomic mass is 35.5. The molecule has 1 amide bonds. The van der Waals surface area contributed by atoms with Crippen LogP contribution in [0.15, 0.2) is 24.3 Å². The number of carbonyl (C=O) groups excluding carboxylic acids is 1. The summed E-state index contributed by atoms with van der Waals surface area (Å²) in [5.74, 6) is 0.111. The van der Waals surface area contributed by atoms with Crippen molar-refractivity contribution in [3.63, 3.8) is 0 Å². The van der Waals surface area contributed by atoms with Gasteiger partial charge in [-0.2, -0.15) is 0 Å². The number of nitrogens with two attached hydrogens (primary N) is 1. The molecule has 3 nitrogen and oxygen atoms in total. The molecule has 2 N–H and O–H groups in total. The van der Waals surface area contributed by atoms with E-state index in [1.165, 1.54) is 11.1 Å². The van der Waals surface area contributed by atoms with Crippen LogP contribution in [0.25, 0.3) is 0 Å². The number of carbonyl (C=O) groups is 1. The number of amides is 1. The lowest BCUT2D eigenvalue weighted by Crippen LogP contribution is -2.37. The fraction of sp³-hybridized carbons (Fsp3) is 0.611. The molecule has 2 atom stereocenters. The maximum absolute atomic E-state index is 12.4. The predicted octanol–water partition coefficient (Wildman–Crippen LogP) is 3.66. The van der Waals surface area contributed by atoms with E-state index in [4.69, 9.17) is 5.73 Å². The van der Waals surface area contributed by atoms with Gasteiger partial charge >= 0.3 is 0 Å². The zero-order valence-corrected chi connectivity index (χ0v) is 15.0. The molecule has 0 aromatic heterocycles. The van der Waals surface area contributed by atoms with Crippen molar-refractivity contribution in [3.05, 3.63) is 35.4 Å². The van der Waals surface area contributed by atoms with Crippen LogP contribution in [0.3, 0.4) is 0 Å². The van der Waals surface area contributed by atoms with Gasteiger partial charge < -0.3 is 10.6 Å². The first-order chi connectivity index (χ1) is 9.84. The van der Waals surface area contributed by atoms with E-state index in [2.05, 4.69) is 45.0 Å². The molecule has 0 radical (unpaired) electrons. The van der Waals surface area contributed by atoms with Crippen LogP contribution in [0.2, 0.25) is 0 Å². The molecule has 2 rings (SSSR count). The number of halogens is 1. The Balaban J connectivity index is 0.00000242. The number of benzene rings is 1. The van der Waals surface area contributed by atoms with E-state index in [-0.39, 0.29) is 35.7 Å². The van der Waals surface area contributed by atoms with Crippen LogP contribution in [0.4, 0.5) is 0 Å². The van der Waals surface area contributed by atoms with Crippen molar-refractivity contribution in [2.75, 3.05) is 13.1 Å². The zero-order chi connectivity index (χ0) is 15.6. The van der Waals surface area contributed by atoms with Gasteiger partial charge in [-0.05, 0) is 29.4 Å². The van der Waals surface area contributed by atoms with Gasteiger partial charge in [0.2, 0.25) is 5.91 Å². The summed E-state index contributed by atoms with van der Waals surface area (Å²) in [6.45, 7) is 9.85. The lowest BCUT2D eigenvalue weighted by atomic mass is 9.86. The first kappa shape index (κ1) is 19.0. The van der Waals surface area contributed by atoms with Gasteiger partial charge in [0, 0.05) is 19.0 Å². The highest BCUT2D eigenvalue weighted by molar-refractivity contribution is 5.85.